The van der Waals surface area contributed by atoms with Crippen LogP contribution in [0.5, 0.6) is 11.6 Å². The molecule has 0 fully saturated rings. The Hall–Kier alpha value is -1.91. The van der Waals surface area contributed by atoms with E-state index in [1.165, 1.54) is 0 Å². The number of nitrogens with two attached hydrogens (primary N) is 1. The summed E-state index contributed by atoms with van der Waals surface area (Å²) in [6, 6.07) is 13.5. The molecule has 1 aromatic heterocycles. The Labute approximate surface area is 107 Å². The van der Waals surface area contributed by atoms with Gasteiger partial charge in [-0.2, -0.15) is 0 Å². The van der Waals surface area contributed by atoms with Gasteiger partial charge in [-0.3, -0.25) is 0 Å². The number of hydrogen-bond acceptors (Lipinski definition) is 4. The molecule has 18 heavy (non-hydrogen) atoms. The summed E-state index contributed by atoms with van der Waals surface area (Å²) < 4.78 is 5.61. The zero-order valence-electron chi connectivity index (χ0n) is 10.2. The van der Waals surface area contributed by atoms with Gasteiger partial charge in [0.25, 0.3) is 0 Å². The van der Waals surface area contributed by atoms with E-state index in [0.29, 0.717) is 12.4 Å². The highest BCUT2D eigenvalue weighted by Crippen LogP contribution is 2.18. The molecule has 1 aromatic carbocycles. The quantitative estimate of drug-likeness (QED) is 0.761. The van der Waals surface area contributed by atoms with Crippen molar-refractivity contribution in [2.24, 2.45) is 5.73 Å². The summed E-state index contributed by atoms with van der Waals surface area (Å²) in [5, 5.41) is 3.21. The Morgan fingerprint density at radius 1 is 1.11 bits per heavy atom. The van der Waals surface area contributed by atoms with Crippen molar-refractivity contribution in [2.45, 2.75) is 6.54 Å². The van der Waals surface area contributed by atoms with Gasteiger partial charge in [-0.25, -0.2) is 4.98 Å². The third-order valence-corrected chi connectivity index (χ3v) is 2.41. The second-order valence-electron chi connectivity index (χ2n) is 3.89. The lowest BCUT2D eigenvalue weighted by Gasteiger charge is -2.06. The van der Waals surface area contributed by atoms with Crippen molar-refractivity contribution in [3.05, 3.63) is 54.2 Å². The second-order valence-corrected chi connectivity index (χ2v) is 3.89. The van der Waals surface area contributed by atoms with Gasteiger partial charge < -0.3 is 15.8 Å². The first kappa shape index (κ1) is 12.5. The number of para-hydroxylation sites is 1. The summed E-state index contributed by atoms with van der Waals surface area (Å²) in [5.41, 5.74) is 6.52. The predicted octanol–water partition coefficient (Wildman–Crippen LogP) is 1.92. The van der Waals surface area contributed by atoms with Crippen molar-refractivity contribution in [1.82, 2.24) is 10.3 Å². The molecule has 0 saturated heterocycles. The zero-order chi connectivity index (χ0) is 12.6. The van der Waals surface area contributed by atoms with Crippen LogP contribution in [0.25, 0.3) is 0 Å². The van der Waals surface area contributed by atoms with Gasteiger partial charge in [-0.1, -0.05) is 24.3 Å². The van der Waals surface area contributed by atoms with Gasteiger partial charge in [-0.05, 0) is 17.7 Å². The molecule has 0 saturated carbocycles. The van der Waals surface area contributed by atoms with Crippen LogP contribution in [-0.4, -0.2) is 18.1 Å². The van der Waals surface area contributed by atoms with Crippen LogP contribution >= 0.6 is 0 Å². The molecule has 0 aliphatic carbocycles. The average molecular weight is 243 g/mol. The SMILES string of the molecule is NCCNCc1ccc(Oc2ccccc2)nc1. The Balaban J connectivity index is 1.91. The van der Waals surface area contributed by atoms with E-state index in [9.17, 15) is 0 Å². The predicted molar refractivity (Wildman–Crippen MR) is 71.5 cm³/mol. The molecule has 0 radical (unpaired) electrons. The molecule has 94 valence electrons. The topological polar surface area (TPSA) is 60.2 Å². The van der Waals surface area contributed by atoms with Gasteiger partial charge in [0.2, 0.25) is 5.88 Å². The highest BCUT2D eigenvalue weighted by atomic mass is 16.5. The summed E-state index contributed by atoms with van der Waals surface area (Å²) in [5.74, 6) is 1.39. The molecule has 4 nitrogen and oxygen atoms in total. The van der Waals surface area contributed by atoms with E-state index < -0.39 is 0 Å². The van der Waals surface area contributed by atoms with E-state index in [1.807, 2.05) is 48.7 Å². The lowest BCUT2D eigenvalue weighted by atomic mass is 10.3. The Kier molecular flexibility index (Phi) is 4.69. The smallest absolute Gasteiger partial charge is 0.219 e. The molecular formula is C14H17N3O. The van der Waals surface area contributed by atoms with Crippen molar-refractivity contribution in [3.63, 3.8) is 0 Å². The largest absolute Gasteiger partial charge is 0.439 e. The third kappa shape index (κ3) is 3.84. The highest BCUT2D eigenvalue weighted by Gasteiger charge is 1.98. The summed E-state index contributed by atoms with van der Waals surface area (Å²) in [4.78, 5) is 4.26. The number of benzene rings is 1. The van der Waals surface area contributed by atoms with Crippen LogP contribution in [-0.2, 0) is 6.54 Å². The summed E-state index contributed by atoms with van der Waals surface area (Å²) >= 11 is 0. The number of nitrogens with zero attached hydrogens (tertiary/aromatic N) is 1. The van der Waals surface area contributed by atoms with E-state index in [1.54, 1.807) is 0 Å². The van der Waals surface area contributed by atoms with Gasteiger partial charge in [0.1, 0.15) is 5.75 Å². The fraction of sp³-hybridized carbons (Fsp3) is 0.214. The number of aromatic nitrogens is 1. The van der Waals surface area contributed by atoms with Crippen LogP contribution < -0.4 is 15.8 Å². The van der Waals surface area contributed by atoms with Gasteiger partial charge in [0.15, 0.2) is 0 Å². The maximum Gasteiger partial charge on any atom is 0.219 e. The van der Waals surface area contributed by atoms with Crippen LogP contribution in [0.15, 0.2) is 48.7 Å². The highest BCUT2D eigenvalue weighted by molar-refractivity contribution is 5.27. The Bertz CT molecular complexity index is 456. The number of nitrogens with one attached hydrogen (secondary N) is 1. The molecule has 0 unspecified atom stereocenters. The molecule has 2 rings (SSSR count). The maximum atomic E-state index is 5.61. The van der Waals surface area contributed by atoms with Gasteiger partial charge >= 0.3 is 0 Å². The van der Waals surface area contributed by atoms with Crippen molar-refractivity contribution >= 4 is 0 Å². The molecule has 0 aliphatic heterocycles. The third-order valence-electron chi connectivity index (χ3n) is 2.41. The fourth-order valence-corrected chi connectivity index (χ4v) is 1.52. The number of hydrogen-bond donors (Lipinski definition) is 2. The molecular weight excluding hydrogens is 226 g/mol. The van der Waals surface area contributed by atoms with E-state index in [2.05, 4.69) is 10.3 Å². The minimum atomic E-state index is 0.601. The molecule has 0 spiro atoms. The standard InChI is InChI=1S/C14H17N3O/c15-8-9-16-10-12-6-7-14(17-11-12)18-13-4-2-1-3-5-13/h1-7,11,16H,8-10,15H2. The number of ether oxygens (including phenoxy) is 1. The zero-order valence-corrected chi connectivity index (χ0v) is 10.2. The summed E-state index contributed by atoms with van der Waals surface area (Å²) in [6.45, 7) is 2.22. The minimum Gasteiger partial charge on any atom is -0.439 e. The summed E-state index contributed by atoms with van der Waals surface area (Å²) in [7, 11) is 0. The monoisotopic (exact) mass is 243 g/mol. The molecule has 0 atom stereocenters. The molecule has 0 bridgehead atoms. The van der Waals surface area contributed by atoms with Gasteiger partial charge in [-0.15, -0.1) is 0 Å². The first-order valence-electron chi connectivity index (χ1n) is 5.97. The molecule has 0 aliphatic rings. The van der Waals surface area contributed by atoms with Crippen LogP contribution in [0.1, 0.15) is 5.56 Å². The normalized spacial score (nSPS) is 10.3. The van der Waals surface area contributed by atoms with E-state index in [4.69, 9.17) is 10.5 Å². The lowest BCUT2D eigenvalue weighted by Crippen LogP contribution is -2.21. The maximum absolute atomic E-state index is 5.61. The molecule has 4 heteroatoms. The van der Waals surface area contributed by atoms with Crippen molar-refractivity contribution < 1.29 is 4.74 Å². The first-order chi connectivity index (χ1) is 8.88. The fourth-order valence-electron chi connectivity index (χ4n) is 1.52. The molecule has 2 aromatic rings. The van der Waals surface area contributed by atoms with Gasteiger partial charge in [0.05, 0.1) is 0 Å². The first-order valence-corrected chi connectivity index (χ1v) is 5.97. The van der Waals surface area contributed by atoms with Gasteiger partial charge in [0, 0.05) is 31.9 Å². The lowest BCUT2D eigenvalue weighted by molar-refractivity contribution is 0.462. The van der Waals surface area contributed by atoms with Crippen LogP contribution in [0.2, 0.25) is 0 Å². The van der Waals surface area contributed by atoms with Crippen LogP contribution in [0, 0.1) is 0 Å². The average Bonchev–Trinajstić information content (AvgIpc) is 2.42. The van der Waals surface area contributed by atoms with E-state index in [-0.39, 0.29) is 0 Å². The van der Waals surface area contributed by atoms with E-state index in [0.717, 1.165) is 24.4 Å². The number of pyridine rings is 1. The summed E-state index contributed by atoms with van der Waals surface area (Å²) in [6.07, 6.45) is 1.81. The van der Waals surface area contributed by atoms with Crippen LogP contribution in [0.4, 0.5) is 0 Å². The van der Waals surface area contributed by atoms with E-state index >= 15 is 0 Å². The molecule has 1 heterocycles. The van der Waals surface area contributed by atoms with Crippen molar-refractivity contribution in [1.29, 1.82) is 0 Å². The second kappa shape index (κ2) is 6.74. The molecule has 3 N–H and O–H groups in total. The van der Waals surface area contributed by atoms with Crippen molar-refractivity contribution in [3.8, 4) is 11.6 Å². The van der Waals surface area contributed by atoms with Crippen molar-refractivity contribution in [2.75, 3.05) is 13.1 Å². The minimum absolute atomic E-state index is 0.601. The Morgan fingerprint density at radius 2 is 1.94 bits per heavy atom. The Morgan fingerprint density at radius 3 is 2.61 bits per heavy atom. The van der Waals surface area contributed by atoms with Crippen LogP contribution in [0.3, 0.4) is 0 Å². The molecule has 0 amide bonds. The number of rotatable bonds is 6.